The lowest BCUT2D eigenvalue weighted by atomic mass is 9.82. The Hall–Kier alpha value is -2.01. The highest BCUT2D eigenvalue weighted by molar-refractivity contribution is 7.91. The topological polar surface area (TPSA) is 134 Å². The van der Waals surface area contributed by atoms with Crippen molar-refractivity contribution >= 4 is 21.7 Å². The minimum absolute atomic E-state index is 0.0124. The van der Waals surface area contributed by atoms with Crippen LogP contribution in [-0.2, 0) is 19.4 Å². The Kier molecular flexibility index (Phi) is 5.56. The maximum absolute atomic E-state index is 12.8. The number of ether oxygens (including phenoxy) is 1. The zero-order valence-electron chi connectivity index (χ0n) is 14.6. The molecule has 2 aliphatic rings. The summed E-state index contributed by atoms with van der Waals surface area (Å²) in [6.45, 7) is 0.475. The Balaban J connectivity index is 1.63. The summed E-state index contributed by atoms with van der Waals surface area (Å²) < 4.78 is 28.6. The van der Waals surface area contributed by atoms with E-state index in [0.29, 0.717) is 19.3 Å². The van der Waals surface area contributed by atoms with E-state index in [0.717, 1.165) is 0 Å². The third-order valence-corrected chi connectivity index (χ3v) is 6.67. The lowest BCUT2D eigenvalue weighted by Gasteiger charge is -2.37. The Morgan fingerprint density at radius 2 is 2.04 bits per heavy atom. The number of aromatic amines is 1. The average Bonchev–Trinajstić information content (AvgIpc) is 3.16. The number of nitrogens with zero attached hydrogens (tertiary/aromatic N) is 3. The van der Waals surface area contributed by atoms with Crippen LogP contribution < -0.4 is 5.32 Å². The van der Waals surface area contributed by atoms with Crippen molar-refractivity contribution in [2.45, 2.75) is 31.4 Å². The van der Waals surface area contributed by atoms with Crippen molar-refractivity contribution in [3.63, 3.8) is 0 Å². The van der Waals surface area contributed by atoms with Crippen molar-refractivity contribution in [2.24, 2.45) is 5.92 Å². The summed E-state index contributed by atoms with van der Waals surface area (Å²) in [6.07, 6.45) is 2.89. The molecule has 3 atom stereocenters. The van der Waals surface area contributed by atoms with Gasteiger partial charge in [-0.1, -0.05) is 0 Å². The molecule has 2 heterocycles. The molecule has 0 unspecified atom stereocenters. The van der Waals surface area contributed by atoms with E-state index in [4.69, 9.17) is 4.74 Å². The highest BCUT2D eigenvalue weighted by Crippen LogP contribution is 2.28. The number of rotatable bonds is 4. The summed E-state index contributed by atoms with van der Waals surface area (Å²) in [5, 5.41) is 12.6. The second-order valence-electron chi connectivity index (χ2n) is 6.70. The summed E-state index contributed by atoms with van der Waals surface area (Å²) in [5.41, 5.74) is 0.176. The van der Waals surface area contributed by atoms with E-state index in [1.54, 1.807) is 12.0 Å². The van der Waals surface area contributed by atoms with Gasteiger partial charge in [0.25, 0.3) is 5.91 Å². The molecule has 1 aliphatic heterocycles. The largest absolute Gasteiger partial charge is 0.379 e. The first-order chi connectivity index (χ1) is 12.4. The molecule has 1 saturated carbocycles. The number of H-pyrrole nitrogens is 1. The van der Waals surface area contributed by atoms with E-state index in [1.165, 1.54) is 6.20 Å². The van der Waals surface area contributed by atoms with Crippen LogP contribution in [0.1, 0.15) is 29.8 Å². The fourth-order valence-electron chi connectivity index (χ4n) is 3.55. The van der Waals surface area contributed by atoms with E-state index < -0.39 is 9.84 Å². The van der Waals surface area contributed by atoms with Gasteiger partial charge in [-0.25, -0.2) is 8.42 Å². The van der Waals surface area contributed by atoms with Gasteiger partial charge in [-0.05, 0) is 19.3 Å². The molecule has 2 fully saturated rings. The van der Waals surface area contributed by atoms with Crippen molar-refractivity contribution in [3.8, 4) is 0 Å². The predicted octanol–water partition coefficient (Wildman–Crippen LogP) is -1.02. The molecule has 0 aromatic carbocycles. The van der Waals surface area contributed by atoms with Gasteiger partial charge in [0.15, 0.2) is 15.5 Å². The third kappa shape index (κ3) is 4.21. The highest BCUT2D eigenvalue weighted by Gasteiger charge is 2.38. The molecular formula is C15H23N5O5S. The van der Waals surface area contributed by atoms with Gasteiger partial charge in [0.1, 0.15) is 0 Å². The zero-order valence-corrected chi connectivity index (χ0v) is 15.4. The van der Waals surface area contributed by atoms with Crippen molar-refractivity contribution in [2.75, 3.05) is 31.7 Å². The van der Waals surface area contributed by atoms with Gasteiger partial charge in [0.2, 0.25) is 5.91 Å². The first-order valence-corrected chi connectivity index (χ1v) is 10.4. The molecular weight excluding hydrogens is 362 g/mol. The molecule has 1 aliphatic carbocycles. The third-order valence-electron chi connectivity index (χ3n) is 5.06. The second-order valence-corrected chi connectivity index (χ2v) is 9.00. The molecule has 0 radical (unpaired) electrons. The molecule has 10 nitrogen and oxygen atoms in total. The average molecular weight is 385 g/mol. The zero-order chi connectivity index (χ0) is 18.7. The van der Waals surface area contributed by atoms with Crippen molar-refractivity contribution in [1.82, 2.24) is 25.6 Å². The van der Waals surface area contributed by atoms with Gasteiger partial charge >= 0.3 is 0 Å². The van der Waals surface area contributed by atoms with E-state index in [2.05, 4.69) is 20.7 Å². The number of hydrogen-bond acceptors (Lipinski definition) is 7. The lowest BCUT2D eigenvalue weighted by molar-refractivity contribution is -0.137. The Labute approximate surface area is 151 Å². The predicted molar refractivity (Wildman–Crippen MR) is 91.0 cm³/mol. The number of nitrogens with one attached hydrogen (secondary N) is 2. The van der Waals surface area contributed by atoms with Gasteiger partial charge in [-0.15, -0.1) is 0 Å². The van der Waals surface area contributed by atoms with Gasteiger partial charge in [0.05, 0.1) is 29.8 Å². The minimum atomic E-state index is -3.03. The van der Waals surface area contributed by atoms with Crippen molar-refractivity contribution < 1.29 is 22.7 Å². The first kappa shape index (κ1) is 18.8. The van der Waals surface area contributed by atoms with Crippen LogP contribution in [0.2, 0.25) is 0 Å². The van der Waals surface area contributed by atoms with Crippen LogP contribution >= 0.6 is 0 Å². The number of carbonyl (C=O) groups is 2. The smallest absolute Gasteiger partial charge is 0.273 e. The number of carbonyl (C=O) groups excluding carboxylic acids is 2. The molecule has 0 bridgehead atoms. The van der Waals surface area contributed by atoms with Crippen LogP contribution in [0.25, 0.3) is 0 Å². The Morgan fingerprint density at radius 3 is 2.65 bits per heavy atom. The number of amides is 2. The lowest BCUT2D eigenvalue weighted by Crippen LogP contribution is -2.52. The van der Waals surface area contributed by atoms with E-state index >= 15 is 0 Å². The molecule has 1 aromatic heterocycles. The highest BCUT2D eigenvalue weighted by atomic mass is 32.2. The van der Waals surface area contributed by atoms with Crippen molar-refractivity contribution in [3.05, 3.63) is 11.9 Å². The molecule has 11 heteroatoms. The van der Waals surface area contributed by atoms with E-state index in [9.17, 15) is 18.0 Å². The first-order valence-electron chi connectivity index (χ1n) is 8.58. The summed E-state index contributed by atoms with van der Waals surface area (Å²) in [5.74, 6) is -0.653. The maximum atomic E-state index is 12.8. The minimum Gasteiger partial charge on any atom is -0.379 e. The summed E-state index contributed by atoms with van der Waals surface area (Å²) in [6, 6.07) is -0.319. The second kappa shape index (κ2) is 7.70. The van der Waals surface area contributed by atoms with Gasteiger partial charge in [-0.3, -0.25) is 9.59 Å². The maximum Gasteiger partial charge on any atom is 0.273 e. The molecule has 1 aromatic rings. The SMILES string of the molecule is CO[C@@H]1CC[C@H](C(=O)N2CCS(=O)(=O)CC2)C[C@H]1NC(=O)c1cn[nH]n1. The van der Waals surface area contributed by atoms with Gasteiger partial charge in [0, 0.05) is 26.1 Å². The number of aromatic nitrogens is 3. The number of hydrogen-bond donors (Lipinski definition) is 2. The molecule has 3 rings (SSSR count). The van der Waals surface area contributed by atoms with Crippen LogP contribution in [0.4, 0.5) is 0 Å². The summed E-state index contributed by atoms with van der Waals surface area (Å²) >= 11 is 0. The number of methoxy groups -OCH3 is 1. The molecule has 1 saturated heterocycles. The monoisotopic (exact) mass is 385 g/mol. The number of sulfone groups is 1. The Morgan fingerprint density at radius 1 is 1.31 bits per heavy atom. The van der Waals surface area contributed by atoms with Crippen molar-refractivity contribution in [1.29, 1.82) is 0 Å². The van der Waals surface area contributed by atoms with Gasteiger partial charge in [-0.2, -0.15) is 15.4 Å². The molecule has 0 spiro atoms. The fraction of sp³-hybridized carbons (Fsp3) is 0.733. The van der Waals surface area contributed by atoms with E-state index in [1.807, 2.05) is 0 Å². The van der Waals surface area contributed by atoms with Crippen LogP contribution in [0, 0.1) is 5.92 Å². The summed E-state index contributed by atoms with van der Waals surface area (Å²) in [4.78, 5) is 26.6. The molecule has 144 valence electrons. The molecule has 2 amide bonds. The van der Waals surface area contributed by atoms with Crippen LogP contribution in [0.15, 0.2) is 6.20 Å². The van der Waals surface area contributed by atoms with Crippen LogP contribution in [-0.4, -0.2) is 84.4 Å². The molecule has 2 N–H and O–H groups in total. The normalized spacial score (nSPS) is 28.5. The van der Waals surface area contributed by atoms with Crippen LogP contribution in [0.5, 0.6) is 0 Å². The standard InChI is InChI=1S/C15H23N5O5S/c1-25-13-3-2-10(15(22)20-4-6-26(23,24)7-5-20)8-11(13)17-14(21)12-9-16-19-18-12/h9-11,13H,2-8H2,1H3,(H,17,21)(H,16,18,19)/t10-,11+,13+/m0/s1. The quantitative estimate of drug-likeness (QED) is 0.677. The van der Waals surface area contributed by atoms with Gasteiger partial charge < -0.3 is 15.0 Å². The fourth-order valence-corrected chi connectivity index (χ4v) is 4.75. The Bertz CT molecular complexity index is 736. The summed E-state index contributed by atoms with van der Waals surface area (Å²) in [7, 11) is -1.45. The van der Waals surface area contributed by atoms with E-state index in [-0.39, 0.29) is 60.2 Å². The molecule has 26 heavy (non-hydrogen) atoms. The van der Waals surface area contributed by atoms with Crippen LogP contribution in [0.3, 0.4) is 0 Å².